The molecule has 1 aromatic rings. The number of rotatable bonds is 4. The van der Waals surface area contributed by atoms with E-state index in [-0.39, 0.29) is 5.91 Å². The number of aliphatic hydroxyl groups excluding tert-OH is 1. The van der Waals surface area contributed by atoms with Crippen molar-refractivity contribution in [2.24, 2.45) is 23.7 Å². The van der Waals surface area contributed by atoms with E-state index in [1.807, 2.05) is 0 Å². The maximum atomic E-state index is 12.3. The van der Waals surface area contributed by atoms with Gasteiger partial charge in [-0.15, -0.1) is 0 Å². The summed E-state index contributed by atoms with van der Waals surface area (Å²) in [6.07, 6.45) is 2.91. The van der Waals surface area contributed by atoms with Crippen LogP contribution in [-0.2, 0) is 4.79 Å². The summed E-state index contributed by atoms with van der Waals surface area (Å²) in [5.74, 6) is 3.39. The molecule has 0 saturated heterocycles. The monoisotopic (exact) mass is 287 g/mol. The molecule has 5 unspecified atom stereocenters. The molecule has 3 aliphatic rings. The number of nitrogens with one attached hydrogen (secondary N) is 1. The topological polar surface area (TPSA) is 58.6 Å². The normalized spacial score (nSPS) is 37.0. The Morgan fingerprint density at radius 2 is 2.05 bits per heavy atom. The quantitative estimate of drug-likeness (QED) is 0.889. The Kier molecular flexibility index (Phi) is 2.96. The molecule has 21 heavy (non-hydrogen) atoms. The number of fused-ring (bicyclic) bond motifs is 5. The molecule has 112 valence electrons. The summed E-state index contributed by atoms with van der Waals surface area (Å²) in [4.78, 5) is 12.3. The Bertz CT molecular complexity index is 557. The smallest absolute Gasteiger partial charge is 0.253 e. The third-order valence-electron chi connectivity index (χ3n) is 5.70. The molecule has 3 saturated carbocycles. The molecule has 2 bridgehead atoms. The molecule has 0 heterocycles. The molecule has 4 rings (SSSR count). The summed E-state index contributed by atoms with van der Waals surface area (Å²) >= 11 is 0. The van der Waals surface area contributed by atoms with Gasteiger partial charge in [0.25, 0.3) is 5.91 Å². The lowest BCUT2D eigenvalue weighted by Gasteiger charge is -2.15. The van der Waals surface area contributed by atoms with E-state index in [0.717, 1.165) is 11.8 Å². The number of carbonyl (C=O) groups excluding carboxylic acids is 1. The molecule has 5 atom stereocenters. The number of hydrogen-bond donors (Lipinski definition) is 2. The Morgan fingerprint density at radius 1 is 1.33 bits per heavy atom. The molecule has 4 heteroatoms. The number of hydrogen-bond acceptors (Lipinski definition) is 3. The Balaban J connectivity index is 1.41. The number of methoxy groups -OCH3 is 1. The fourth-order valence-electron chi connectivity index (χ4n) is 4.72. The summed E-state index contributed by atoms with van der Waals surface area (Å²) < 4.78 is 5.13. The van der Waals surface area contributed by atoms with Crippen molar-refractivity contribution in [3.8, 4) is 5.75 Å². The largest absolute Gasteiger partial charge is 0.497 e. The van der Waals surface area contributed by atoms with Crippen molar-refractivity contribution in [1.82, 2.24) is 5.32 Å². The summed E-state index contributed by atoms with van der Waals surface area (Å²) in [5, 5.41) is 13.3. The maximum absolute atomic E-state index is 12.3. The van der Waals surface area contributed by atoms with Crippen LogP contribution >= 0.6 is 0 Å². The van der Waals surface area contributed by atoms with Gasteiger partial charge in [0, 0.05) is 6.04 Å². The lowest BCUT2D eigenvalue weighted by atomic mass is 10.0. The van der Waals surface area contributed by atoms with Crippen molar-refractivity contribution < 1.29 is 14.6 Å². The van der Waals surface area contributed by atoms with Crippen LogP contribution in [0.3, 0.4) is 0 Å². The number of carbonyl (C=O) groups is 1. The van der Waals surface area contributed by atoms with Crippen LogP contribution < -0.4 is 10.1 Å². The van der Waals surface area contributed by atoms with Gasteiger partial charge in [0.05, 0.1) is 7.11 Å². The highest BCUT2D eigenvalue weighted by Gasteiger charge is 2.65. The van der Waals surface area contributed by atoms with Crippen LogP contribution in [0.1, 0.15) is 30.9 Å². The predicted molar refractivity (Wildman–Crippen MR) is 77.7 cm³/mol. The summed E-state index contributed by atoms with van der Waals surface area (Å²) in [6, 6.07) is 7.36. The maximum Gasteiger partial charge on any atom is 0.253 e. The second-order valence-electron chi connectivity index (χ2n) is 6.70. The highest BCUT2D eigenvalue weighted by Crippen LogP contribution is 2.65. The zero-order valence-corrected chi connectivity index (χ0v) is 12.2. The van der Waals surface area contributed by atoms with Gasteiger partial charge in [0.1, 0.15) is 5.75 Å². The van der Waals surface area contributed by atoms with Gasteiger partial charge in [-0.05, 0) is 60.6 Å². The van der Waals surface area contributed by atoms with Crippen molar-refractivity contribution in [3.63, 3.8) is 0 Å². The highest BCUT2D eigenvalue weighted by atomic mass is 16.5. The average molecular weight is 287 g/mol. The Labute approximate surface area is 124 Å². The molecular weight excluding hydrogens is 266 g/mol. The second-order valence-corrected chi connectivity index (χ2v) is 6.70. The molecule has 2 N–H and O–H groups in total. The zero-order valence-electron chi connectivity index (χ0n) is 12.2. The van der Waals surface area contributed by atoms with Crippen molar-refractivity contribution in [2.45, 2.75) is 31.4 Å². The molecule has 0 aliphatic heterocycles. The van der Waals surface area contributed by atoms with Gasteiger partial charge >= 0.3 is 0 Å². The van der Waals surface area contributed by atoms with Crippen molar-refractivity contribution in [2.75, 3.05) is 7.11 Å². The molecular formula is C17H21NO3. The van der Waals surface area contributed by atoms with E-state index >= 15 is 0 Å². The Hall–Kier alpha value is -1.55. The van der Waals surface area contributed by atoms with E-state index in [9.17, 15) is 9.90 Å². The van der Waals surface area contributed by atoms with Crippen LogP contribution in [0.25, 0.3) is 0 Å². The summed E-state index contributed by atoms with van der Waals surface area (Å²) in [5.41, 5.74) is 0.584. The fraction of sp³-hybridized carbons (Fsp3) is 0.588. The average Bonchev–Trinajstić information content (AvgIpc) is 2.90. The summed E-state index contributed by atoms with van der Waals surface area (Å²) in [7, 11) is 1.58. The van der Waals surface area contributed by atoms with E-state index in [4.69, 9.17) is 4.74 Å². The van der Waals surface area contributed by atoms with E-state index in [1.165, 1.54) is 19.3 Å². The third kappa shape index (κ3) is 2.04. The van der Waals surface area contributed by atoms with Gasteiger partial charge in [-0.2, -0.15) is 0 Å². The van der Waals surface area contributed by atoms with Gasteiger partial charge < -0.3 is 15.2 Å². The van der Waals surface area contributed by atoms with Crippen LogP contribution in [0.4, 0.5) is 0 Å². The molecule has 3 fully saturated rings. The number of amides is 1. The standard InChI is InChI=1S/C17H21NO3/c1-21-12-4-2-3-11(8-12)16(19)17(20)18-15-13-9-5-6-10(7-9)14(13)15/h2-4,8-10,13-16,19H,5-7H2,1H3,(H,18,20). The van der Waals surface area contributed by atoms with Crippen molar-refractivity contribution in [3.05, 3.63) is 29.8 Å². The molecule has 0 spiro atoms. The molecule has 1 aromatic carbocycles. The van der Waals surface area contributed by atoms with Gasteiger partial charge in [-0.1, -0.05) is 12.1 Å². The van der Waals surface area contributed by atoms with Gasteiger partial charge in [0.2, 0.25) is 0 Å². The minimum absolute atomic E-state index is 0.276. The first kappa shape index (κ1) is 13.1. The highest BCUT2D eigenvalue weighted by molar-refractivity contribution is 5.82. The van der Waals surface area contributed by atoms with Gasteiger partial charge in [0.15, 0.2) is 6.10 Å². The SMILES string of the molecule is COc1cccc(C(O)C(=O)NC2C3C4CCC(C4)C23)c1. The second kappa shape index (κ2) is 4.73. The van der Waals surface area contributed by atoms with E-state index in [0.29, 0.717) is 29.2 Å². The lowest BCUT2D eigenvalue weighted by Crippen LogP contribution is -2.34. The number of benzene rings is 1. The first-order valence-electron chi connectivity index (χ1n) is 7.81. The molecule has 1 amide bonds. The predicted octanol–water partition coefficient (Wildman–Crippen LogP) is 1.89. The summed E-state index contributed by atoms with van der Waals surface area (Å²) in [6.45, 7) is 0. The van der Waals surface area contributed by atoms with E-state index in [2.05, 4.69) is 5.32 Å². The van der Waals surface area contributed by atoms with Crippen molar-refractivity contribution >= 4 is 5.91 Å². The van der Waals surface area contributed by atoms with Crippen LogP contribution in [0.2, 0.25) is 0 Å². The third-order valence-corrected chi connectivity index (χ3v) is 5.70. The molecule has 3 aliphatic carbocycles. The lowest BCUT2D eigenvalue weighted by molar-refractivity contribution is -0.130. The molecule has 0 aromatic heterocycles. The van der Waals surface area contributed by atoms with Crippen molar-refractivity contribution in [1.29, 1.82) is 0 Å². The zero-order chi connectivity index (χ0) is 14.6. The number of aliphatic hydroxyl groups is 1. The van der Waals surface area contributed by atoms with E-state index in [1.54, 1.807) is 31.4 Å². The molecule has 0 radical (unpaired) electrons. The first-order chi connectivity index (χ1) is 10.2. The Morgan fingerprint density at radius 3 is 2.71 bits per heavy atom. The minimum Gasteiger partial charge on any atom is -0.497 e. The first-order valence-corrected chi connectivity index (χ1v) is 7.81. The van der Waals surface area contributed by atoms with Gasteiger partial charge in [-0.25, -0.2) is 0 Å². The van der Waals surface area contributed by atoms with Crippen LogP contribution in [0.15, 0.2) is 24.3 Å². The van der Waals surface area contributed by atoms with E-state index < -0.39 is 6.10 Å². The number of ether oxygens (including phenoxy) is 1. The van der Waals surface area contributed by atoms with Gasteiger partial charge in [-0.3, -0.25) is 4.79 Å². The minimum atomic E-state index is -1.11. The fourth-order valence-corrected chi connectivity index (χ4v) is 4.72. The van der Waals surface area contributed by atoms with Crippen LogP contribution in [0, 0.1) is 23.7 Å². The van der Waals surface area contributed by atoms with Crippen LogP contribution in [0.5, 0.6) is 5.75 Å². The van der Waals surface area contributed by atoms with Crippen LogP contribution in [-0.4, -0.2) is 24.2 Å². The molecule has 4 nitrogen and oxygen atoms in total.